The van der Waals surface area contributed by atoms with Crippen LogP contribution < -0.4 is 0 Å². The molecule has 0 unspecified atom stereocenters. The molecular formula is C39H24N2. The van der Waals surface area contributed by atoms with Gasteiger partial charge in [0.25, 0.3) is 0 Å². The number of hydrogen-bond donors (Lipinski definition) is 0. The number of pyridine rings is 1. The Morgan fingerprint density at radius 1 is 0.415 bits per heavy atom. The number of benzene rings is 6. The molecule has 0 fully saturated rings. The first-order valence-corrected chi connectivity index (χ1v) is 14.1. The van der Waals surface area contributed by atoms with Crippen LogP contribution in [0.15, 0.2) is 146 Å². The zero-order valence-electron chi connectivity index (χ0n) is 22.3. The molecular weight excluding hydrogens is 496 g/mol. The smallest absolute Gasteiger partial charge is 0.0786 e. The predicted octanol–water partition coefficient (Wildman–Crippen LogP) is 10.3. The molecule has 8 aromatic rings. The molecule has 2 aromatic heterocycles. The maximum Gasteiger partial charge on any atom is 0.0786 e. The minimum absolute atomic E-state index is 1.03. The van der Waals surface area contributed by atoms with Crippen LogP contribution >= 0.6 is 0 Å². The molecule has 0 spiro atoms. The van der Waals surface area contributed by atoms with Gasteiger partial charge in [-0.2, -0.15) is 0 Å². The van der Waals surface area contributed by atoms with Gasteiger partial charge in [-0.15, -0.1) is 0 Å². The van der Waals surface area contributed by atoms with Crippen LogP contribution in [-0.4, -0.2) is 9.55 Å². The van der Waals surface area contributed by atoms with E-state index in [0.29, 0.717) is 0 Å². The van der Waals surface area contributed by atoms with E-state index in [4.69, 9.17) is 4.98 Å². The summed E-state index contributed by atoms with van der Waals surface area (Å²) in [7, 11) is 0. The molecule has 0 bridgehead atoms. The molecule has 190 valence electrons. The van der Waals surface area contributed by atoms with Gasteiger partial charge in [0.2, 0.25) is 0 Å². The van der Waals surface area contributed by atoms with Crippen molar-refractivity contribution < 1.29 is 0 Å². The predicted molar refractivity (Wildman–Crippen MR) is 171 cm³/mol. The molecule has 41 heavy (non-hydrogen) atoms. The molecule has 0 saturated heterocycles. The van der Waals surface area contributed by atoms with E-state index in [1.807, 2.05) is 12.3 Å². The molecule has 2 heterocycles. The summed E-state index contributed by atoms with van der Waals surface area (Å²) in [5, 5.41) is 3.68. The van der Waals surface area contributed by atoms with E-state index >= 15 is 0 Å². The molecule has 1 aliphatic carbocycles. The van der Waals surface area contributed by atoms with E-state index in [9.17, 15) is 0 Å². The van der Waals surface area contributed by atoms with Crippen LogP contribution in [0.3, 0.4) is 0 Å². The molecule has 6 aromatic carbocycles. The number of aromatic nitrogens is 2. The summed E-state index contributed by atoms with van der Waals surface area (Å²) in [6.45, 7) is 0. The first kappa shape index (κ1) is 22.4. The fourth-order valence-electron chi connectivity index (χ4n) is 6.86. The maximum absolute atomic E-state index is 4.94. The summed E-state index contributed by atoms with van der Waals surface area (Å²) in [5.74, 6) is 0. The average Bonchev–Trinajstić information content (AvgIpc) is 3.38. The lowest BCUT2D eigenvalue weighted by molar-refractivity contribution is 1.18. The van der Waals surface area contributed by atoms with Crippen LogP contribution in [0.2, 0.25) is 0 Å². The van der Waals surface area contributed by atoms with Gasteiger partial charge in [0.15, 0.2) is 0 Å². The molecule has 9 rings (SSSR count). The van der Waals surface area contributed by atoms with Crippen molar-refractivity contribution in [1.82, 2.24) is 9.55 Å². The normalized spacial score (nSPS) is 11.9. The lowest BCUT2D eigenvalue weighted by Crippen LogP contribution is -2.01. The minimum atomic E-state index is 1.03. The molecule has 1 aliphatic rings. The molecule has 0 amide bonds. The van der Waals surface area contributed by atoms with Crippen LogP contribution in [0.5, 0.6) is 0 Å². The third-order valence-electron chi connectivity index (χ3n) is 8.61. The minimum Gasteiger partial charge on any atom is -0.309 e. The van der Waals surface area contributed by atoms with E-state index < -0.39 is 0 Å². The van der Waals surface area contributed by atoms with Crippen LogP contribution in [0.1, 0.15) is 0 Å². The first-order chi connectivity index (χ1) is 20.4. The van der Waals surface area contributed by atoms with Gasteiger partial charge in [0.05, 0.1) is 16.6 Å². The Labute approximate surface area is 237 Å². The zero-order valence-corrected chi connectivity index (χ0v) is 22.3. The fourth-order valence-corrected chi connectivity index (χ4v) is 6.86. The number of hydrogen-bond acceptors (Lipinski definition) is 1. The first-order valence-electron chi connectivity index (χ1n) is 14.1. The Morgan fingerprint density at radius 3 is 1.66 bits per heavy atom. The van der Waals surface area contributed by atoms with Crippen molar-refractivity contribution in [2.75, 3.05) is 0 Å². The van der Waals surface area contributed by atoms with E-state index in [2.05, 4.69) is 138 Å². The highest BCUT2D eigenvalue weighted by atomic mass is 15.0. The lowest BCUT2D eigenvalue weighted by Gasteiger charge is -2.24. The highest BCUT2D eigenvalue weighted by Gasteiger charge is 2.24. The summed E-state index contributed by atoms with van der Waals surface area (Å²) in [6.07, 6.45) is 1.91. The third kappa shape index (κ3) is 3.16. The van der Waals surface area contributed by atoms with Crippen molar-refractivity contribution >= 4 is 32.7 Å². The van der Waals surface area contributed by atoms with Crippen molar-refractivity contribution in [1.29, 1.82) is 0 Å². The maximum atomic E-state index is 4.94. The fraction of sp³-hybridized carbons (Fsp3) is 0. The Balaban J connectivity index is 1.44. The summed E-state index contributed by atoms with van der Waals surface area (Å²) in [6, 6.07) is 50.7. The Kier molecular flexibility index (Phi) is 4.64. The Bertz CT molecular complexity index is 2270. The summed E-state index contributed by atoms with van der Waals surface area (Å²) >= 11 is 0. The van der Waals surface area contributed by atoms with Gasteiger partial charge in [0.1, 0.15) is 0 Å². The van der Waals surface area contributed by atoms with Crippen molar-refractivity contribution in [3.05, 3.63) is 146 Å². The second-order valence-corrected chi connectivity index (χ2v) is 10.8. The highest BCUT2D eigenvalue weighted by molar-refractivity contribution is 6.12. The van der Waals surface area contributed by atoms with Crippen molar-refractivity contribution in [2.24, 2.45) is 0 Å². The Morgan fingerprint density at radius 2 is 0.976 bits per heavy atom. The number of para-hydroxylation sites is 2. The van der Waals surface area contributed by atoms with Crippen LogP contribution in [0, 0.1) is 0 Å². The van der Waals surface area contributed by atoms with Gasteiger partial charge in [-0.05, 0) is 69.3 Å². The van der Waals surface area contributed by atoms with Gasteiger partial charge >= 0.3 is 0 Å². The summed E-state index contributed by atoms with van der Waals surface area (Å²) in [5.41, 5.74) is 14.4. The van der Waals surface area contributed by atoms with Crippen molar-refractivity contribution in [2.45, 2.75) is 0 Å². The SMILES string of the molecule is c1ccc2c(c1)-c1ccccc1-c1ccc3cccnc3c1-c1ccc(-n3c4ccccc4c4ccccc43)cc1-2. The number of fused-ring (bicyclic) bond motifs is 13. The molecule has 0 radical (unpaired) electrons. The largest absolute Gasteiger partial charge is 0.309 e. The van der Waals surface area contributed by atoms with Crippen molar-refractivity contribution in [3.8, 4) is 50.2 Å². The Hall–Kier alpha value is -5.47. The van der Waals surface area contributed by atoms with Crippen LogP contribution in [0.25, 0.3) is 82.9 Å². The topological polar surface area (TPSA) is 17.8 Å². The molecule has 0 saturated carbocycles. The van der Waals surface area contributed by atoms with Gasteiger partial charge in [-0.1, -0.05) is 109 Å². The molecule has 0 aliphatic heterocycles. The zero-order chi connectivity index (χ0) is 26.9. The van der Waals surface area contributed by atoms with Gasteiger partial charge in [-0.3, -0.25) is 4.98 Å². The quantitative estimate of drug-likeness (QED) is 0.210. The average molecular weight is 521 g/mol. The standard InChI is InChI=1S/C39H24N2/c1-3-13-29-27(11-1)28-12-2-4-14-30(28)35-24-26(41-36-17-7-5-15-31(36)32-16-6-8-18-37(32)41)20-22-34(35)38-33(29)21-19-25-10-9-23-40-39(25)38/h1-24H. The molecule has 0 atom stereocenters. The molecule has 2 nitrogen and oxygen atoms in total. The monoisotopic (exact) mass is 520 g/mol. The highest BCUT2D eigenvalue weighted by Crippen LogP contribution is 2.50. The van der Waals surface area contributed by atoms with Crippen molar-refractivity contribution in [3.63, 3.8) is 0 Å². The van der Waals surface area contributed by atoms with E-state index in [1.165, 1.54) is 66.3 Å². The summed E-state index contributed by atoms with van der Waals surface area (Å²) < 4.78 is 2.41. The van der Waals surface area contributed by atoms with Crippen LogP contribution in [-0.2, 0) is 0 Å². The number of nitrogens with zero attached hydrogens (tertiary/aromatic N) is 2. The van der Waals surface area contributed by atoms with Gasteiger partial charge < -0.3 is 4.57 Å². The summed E-state index contributed by atoms with van der Waals surface area (Å²) in [4.78, 5) is 4.94. The van der Waals surface area contributed by atoms with E-state index in [1.54, 1.807) is 0 Å². The second kappa shape index (κ2) is 8.51. The molecule has 2 heteroatoms. The third-order valence-corrected chi connectivity index (χ3v) is 8.61. The number of rotatable bonds is 1. The van der Waals surface area contributed by atoms with Gasteiger partial charge in [-0.25, -0.2) is 0 Å². The van der Waals surface area contributed by atoms with Crippen LogP contribution in [0.4, 0.5) is 0 Å². The van der Waals surface area contributed by atoms with Gasteiger partial charge in [0, 0.05) is 33.6 Å². The van der Waals surface area contributed by atoms with E-state index in [-0.39, 0.29) is 0 Å². The lowest BCUT2D eigenvalue weighted by atomic mass is 9.80. The molecule has 0 N–H and O–H groups in total. The second-order valence-electron chi connectivity index (χ2n) is 10.8. The van der Waals surface area contributed by atoms with E-state index in [0.717, 1.165) is 16.6 Å².